The third-order valence-corrected chi connectivity index (χ3v) is 11.7. The van der Waals surface area contributed by atoms with Gasteiger partial charge in [0.15, 0.2) is 0 Å². The van der Waals surface area contributed by atoms with E-state index in [4.69, 9.17) is 4.74 Å². The molecule has 1 aromatic carbocycles. The number of fused-ring (bicyclic) bond motifs is 5. The normalized spacial score (nSPS) is 36.8. The molecule has 212 valence electrons. The van der Waals surface area contributed by atoms with Gasteiger partial charge in [-0.2, -0.15) is 0 Å². The molecule has 0 spiro atoms. The summed E-state index contributed by atoms with van der Waals surface area (Å²) in [6, 6.07) is 10.0. The van der Waals surface area contributed by atoms with Crippen LogP contribution in [-0.2, 0) is 16.0 Å². The number of benzene rings is 1. The Morgan fingerprint density at radius 1 is 0.974 bits per heavy atom. The lowest BCUT2D eigenvalue weighted by Crippen LogP contribution is -2.51. The molecule has 3 nitrogen and oxygen atoms in total. The molecule has 1 unspecified atom stereocenters. The zero-order valence-electron chi connectivity index (χ0n) is 25.0. The first-order valence-corrected chi connectivity index (χ1v) is 15.6. The maximum Gasteiger partial charge on any atom is 0.310 e. The predicted molar refractivity (Wildman–Crippen MR) is 158 cm³/mol. The van der Waals surface area contributed by atoms with Gasteiger partial charge in [-0.15, -0.1) is 0 Å². The van der Waals surface area contributed by atoms with Crippen molar-refractivity contribution in [3.05, 3.63) is 47.5 Å². The van der Waals surface area contributed by atoms with Gasteiger partial charge < -0.3 is 10.9 Å². The molecule has 4 aliphatic carbocycles. The predicted octanol–water partition coefficient (Wildman–Crippen LogP) is 9.34. The van der Waals surface area contributed by atoms with E-state index >= 15 is 0 Å². The molecule has 3 fully saturated rings. The Balaban J connectivity index is 0.00000336. The van der Waals surface area contributed by atoms with Gasteiger partial charge >= 0.3 is 5.97 Å². The van der Waals surface area contributed by atoms with E-state index in [9.17, 15) is 4.79 Å². The second-order valence-electron chi connectivity index (χ2n) is 14.3. The molecule has 0 aliphatic heterocycles. The van der Waals surface area contributed by atoms with Crippen LogP contribution in [0.25, 0.3) is 0 Å². The van der Waals surface area contributed by atoms with Crippen molar-refractivity contribution in [2.24, 2.45) is 46.3 Å². The van der Waals surface area contributed by atoms with Crippen molar-refractivity contribution in [1.29, 1.82) is 0 Å². The number of allylic oxidation sites excluding steroid dienone is 1. The number of ether oxygens (including phenoxy) is 1. The van der Waals surface area contributed by atoms with Crippen LogP contribution in [0.2, 0.25) is 0 Å². The minimum atomic E-state index is -0.0676. The highest BCUT2D eigenvalue weighted by Crippen LogP contribution is 2.67. The maximum atomic E-state index is 12.7. The van der Waals surface area contributed by atoms with Crippen LogP contribution in [0.4, 0.5) is 0 Å². The molecule has 0 radical (unpaired) electrons. The summed E-state index contributed by atoms with van der Waals surface area (Å²) < 4.78 is 6.02. The van der Waals surface area contributed by atoms with Crippen molar-refractivity contribution in [3.8, 4) is 0 Å². The Morgan fingerprint density at radius 3 is 2.47 bits per heavy atom. The van der Waals surface area contributed by atoms with Crippen LogP contribution in [0, 0.1) is 46.3 Å². The Kier molecular flexibility index (Phi) is 9.17. The average molecular weight is 522 g/mol. The number of carbonyl (C=O) groups excluding carboxylic acids is 1. The lowest BCUT2D eigenvalue weighted by Gasteiger charge is -2.58. The van der Waals surface area contributed by atoms with Gasteiger partial charge in [0.25, 0.3) is 0 Å². The van der Waals surface area contributed by atoms with Crippen molar-refractivity contribution in [3.63, 3.8) is 0 Å². The van der Waals surface area contributed by atoms with Gasteiger partial charge in [0.1, 0.15) is 6.10 Å². The quantitative estimate of drug-likeness (QED) is 0.274. The molecule has 3 saturated carbocycles. The summed E-state index contributed by atoms with van der Waals surface area (Å²) in [7, 11) is 0. The fraction of sp³-hybridized carbons (Fsp3) is 0.743. The van der Waals surface area contributed by atoms with Crippen molar-refractivity contribution in [2.45, 2.75) is 118 Å². The molecule has 3 N–H and O–H groups in total. The molecule has 0 bridgehead atoms. The Labute approximate surface area is 233 Å². The third-order valence-electron chi connectivity index (χ3n) is 11.7. The van der Waals surface area contributed by atoms with Crippen LogP contribution in [0.3, 0.4) is 0 Å². The van der Waals surface area contributed by atoms with Crippen LogP contribution in [0.1, 0.15) is 111 Å². The molecular weight excluding hydrogens is 466 g/mol. The summed E-state index contributed by atoms with van der Waals surface area (Å²) in [6.07, 6.45) is 17.4. The summed E-state index contributed by atoms with van der Waals surface area (Å²) in [6.45, 7) is 12.6. The monoisotopic (exact) mass is 521 g/mol. The minimum absolute atomic E-state index is 0. The SMILES string of the molecule is CC(C)CCCC(C)[C@H]1CC[C@H]2[C@@H]3CC=C4C[C@@H](OC(=O)Cc5ccccc5)CC[C@]4(C)[C@H]3CC[C@]12C.N. The zero-order chi connectivity index (χ0) is 26.2. The van der Waals surface area contributed by atoms with Crippen molar-refractivity contribution in [2.75, 3.05) is 0 Å². The van der Waals surface area contributed by atoms with Crippen molar-refractivity contribution < 1.29 is 9.53 Å². The number of hydrogen-bond acceptors (Lipinski definition) is 3. The molecule has 1 aromatic rings. The Morgan fingerprint density at radius 2 is 1.74 bits per heavy atom. The number of carbonyl (C=O) groups is 1. The Bertz CT molecular complexity index is 969. The summed E-state index contributed by atoms with van der Waals surface area (Å²) in [5.41, 5.74) is 3.51. The van der Waals surface area contributed by atoms with Gasteiger partial charge in [0, 0.05) is 6.42 Å². The fourth-order valence-electron chi connectivity index (χ4n) is 9.74. The molecule has 8 atom stereocenters. The van der Waals surface area contributed by atoms with E-state index in [0.717, 1.165) is 53.9 Å². The number of rotatable bonds is 8. The fourth-order valence-corrected chi connectivity index (χ4v) is 9.74. The first-order valence-electron chi connectivity index (χ1n) is 15.6. The van der Waals surface area contributed by atoms with Gasteiger partial charge in [-0.1, -0.05) is 95.9 Å². The van der Waals surface area contributed by atoms with Gasteiger partial charge in [-0.05, 0) is 96.8 Å². The van der Waals surface area contributed by atoms with Crippen LogP contribution in [-0.4, -0.2) is 12.1 Å². The summed E-state index contributed by atoms with van der Waals surface area (Å²) in [4.78, 5) is 12.7. The smallest absolute Gasteiger partial charge is 0.310 e. The highest BCUT2D eigenvalue weighted by atomic mass is 16.5. The zero-order valence-corrected chi connectivity index (χ0v) is 25.0. The second-order valence-corrected chi connectivity index (χ2v) is 14.3. The standard InChI is InChI=1S/C35H52O2.H3N/c1-24(2)10-9-11-25(3)30-16-17-31-29-15-14-27-23-28(37-33(36)22-26-12-7-6-8-13-26)18-20-34(27,4)32(29)19-21-35(30,31)5;/h6-8,12-14,24-25,28-32H,9-11,15-23H2,1-5H3;1H3/t25?,28-,29-,30+,31-,32-,34-,35+;/m0./s1. The van der Waals surface area contributed by atoms with Crippen LogP contribution in [0.15, 0.2) is 42.0 Å². The van der Waals surface area contributed by atoms with E-state index in [2.05, 4.69) is 40.7 Å². The molecule has 0 saturated heterocycles. The number of esters is 1. The lowest BCUT2D eigenvalue weighted by atomic mass is 9.47. The van der Waals surface area contributed by atoms with Gasteiger partial charge in [0.05, 0.1) is 6.42 Å². The van der Waals surface area contributed by atoms with Crippen LogP contribution in [0.5, 0.6) is 0 Å². The molecule has 4 aliphatic rings. The summed E-state index contributed by atoms with van der Waals surface area (Å²) in [5.74, 6) is 5.14. The van der Waals surface area contributed by atoms with Crippen molar-refractivity contribution >= 4 is 5.97 Å². The molecule has 0 heterocycles. The maximum absolute atomic E-state index is 12.7. The van der Waals surface area contributed by atoms with Crippen LogP contribution < -0.4 is 6.15 Å². The second kappa shape index (κ2) is 11.9. The molecule has 0 amide bonds. The highest BCUT2D eigenvalue weighted by molar-refractivity contribution is 5.72. The first-order chi connectivity index (χ1) is 17.7. The van der Waals surface area contributed by atoms with E-state index in [-0.39, 0.29) is 18.2 Å². The highest BCUT2D eigenvalue weighted by Gasteiger charge is 2.59. The molecule has 3 heteroatoms. The van der Waals surface area contributed by atoms with E-state index in [1.165, 1.54) is 57.8 Å². The topological polar surface area (TPSA) is 61.3 Å². The molecule has 5 rings (SSSR count). The minimum Gasteiger partial charge on any atom is -0.462 e. The van der Waals surface area contributed by atoms with Gasteiger partial charge in [-0.3, -0.25) is 4.79 Å². The lowest BCUT2D eigenvalue weighted by molar-refractivity contribution is -0.150. The molecule has 38 heavy (non-hydrogen) atoms. The average Bonchev–Trinajstić information content (AvgIpc) is 3.22. The van der Waals surface area contributed by atoms with E-state index < -0.39 is 0 Å². The largest absolute Gasteiger partial charge is 0.462 e. The van der Waals surface area contributed by atoms with E-state index in [1.54, 1.807) is 5.57 Å². The first kappa shape index (κ1) is 29.4. The summed E-state index contributed by atoms with van der Waals surface area (Å²) in [5, 5.41) is 0. The van der Waals surface area contributed by atoms with Crippen molar-refractivity contribution in [1.82, 2.24) is 6.15 Å². The molecular formula is C35H55NO2. The summed E-state index contributed by atoms with van der Waals surface area (Å²) >= 11 is 0. The third kappa shape index (κ3) is 5.65. The van der Waals surface area contributed by atoms with Gasteiger partial charge in [0.2, 0.25) is 0 Å². The van der Waals surface area contributed by atoms with Crippen LogP contribution >= 0.6 is 0 Å². The Hall–Kier alpha value is -1.61. The molecule has 0 aromatic heterocycles. The van der Waals surface area contributed by atoms with E-state index in [1.807, 2.05) is 30.3 Å². The van der Waals surface area contributed by atoms with Gasteiger partial charge in [-0.25, -0.2) is 0 Å². The van der Waals surface area contributed by atoms with E-state index in [0.29, 0.717) is 17.3 Å². The number of hydrogen-bond donors (Lipinski definition) is 1.